The molecule has 0 bridgehead atoms. The van der Waals surface area contributed by atoms with E-state index in [4.69, 9.17) is 10.5 Å². The first kappa shape index (κ1) is 17.0. The Morgan fingerprint density at radius 2 is 1.90 bits per heavy atom. The first-order valence-corrected chi connectivity index (χ1v) is 6.83. The number of carbonyl (C=O) groups is 1. The van der Waals surface area contributed by atoms with Crippen LogP contribution in [-0.4, -0.2) is 37.6 Å². The average Bonchev–Trinajstić information content (AvgIpc) is 2.47. The molecule has 0 unspecified atom stereocenters. The van der Waals surface area contributed by atoms with Gasteiger partial charge in [0.25, 0.3) is 5.91 Å². The van der Waals surface area contributed by atoms with Crippen LogP contribution in [0.3, 0.4) is 0 Å². The SMILES string of the molecule is CN(CC1CCOCC1)C(=O)c1ccc(CN)cc1.Cl. The van der Waals surface area contributed by atoms with E-state index in [-0.39, 0.29) is 18.3 Å². The van der Waals surface area contributed by atoms with Gasteiger partial charge in [0.1, 0.15) is 0 Å². The maximum Gasteiger partial charge on any atom is 0.253 e. The third-order valence-electron chi connectivity index (χ3n) is 3.66. The van der Waals surface area contributed by atoms with Crippen LogP contribution in [0.5, 0.6) is 0 Å². The van der Waals surface area contributed by atoms with Crippen LogP contribution in [0.1, 0.15) is 28.8 Å². The van der Waals surface area contributed by atoms with Gasteiger partial charge in [-0.25, -0.2) is 0 Å². The highest BCUT2D eigenvalue weighted by atomic mass is 35.5. The molecule has 1 heterocycles. The summed E-state index contributed by atoms with van der Waals surface area (Å²) < 4.78 is 5.34. The van der Waals surface area contributed by atoms with Crippen molar-refractivity contribution in [2.45, 2.75) is 19.4 Å². The summed E-state index contributed by atoms with van der Waals surface area (Å²) in [7, 11) is 1.87. The Balaban J connectivity index is 0.00000200. The molecule has 1 fully saturated rings. The van der Waals surface area contributed by atoms with Crippen molar-refractivity contribution in [2.24, 2.45) is 11.7 Å². The van der Waals surface area contributed by atoms with Gasteiger partial charge in [-0.1, -0.05) is 12.1 Å². The standard InChI is InChI=1S/C15H22N2O2.ClH/c1-17(11-13-6-8-19-9-7-13)15(18)14-4-2-12(10-16)3-5-14;/h2-5,13H,6-11,16H2,1H3;1H. The Morgan fingerprint density at radius 3 is 2.45 bits per heavy atom. The van der Waals surface area contributed by atoms with Gasteiger partial charge in [0, 0.05) is 38.9 Å². The predicted octanol–water partition coefficient (Wildman–Crippen LogP) is 2.07. The Hall–Kier alpha value is -1.10. The van der Waals surface area contributed by atoms with Crippen LogP contribution in [-0.2, 0) is 11.3 Å². The largest absolute Gasteiger partial charge is 0.381 e. The van der Waals surface area contributed by atoms with Crippen molar-refractivity contribution in [3.63, 3.8) is 0 Å². The van der Waals surface area contributed by atoms with E-state index in [1.807, 2.05) is 36.2 Å². The number of ether oxygens (including phenoxy) is 1. The van der Waals surface area contributed by atoms with E-state index < -0.39 is 0 Å². The van der Waals surface area contributed by atoms with Gasteiger partial charge in [0.15, 0.2) is 0 Å². The van der Waals surface area contributed by atoms with Gasteiger partial charge in [0.2, 0.25) is 0 Å². The van der Waals surface area contributed by atoms with Gasteiger partial charge in [-0.05, 0) is 36.5 Å². The quantitative estimate of drug-likeness (QED) is 0.926. The molecule has 1 amide bonds. The maximum absolute atomic E-state index is 12.3. The highest BCUT2D eigenvalue weighted by molar-refractivity contribution is 5.94. The van der Waals surface area contributed by atoms with Crippen LogP contribution < -0.4 is 5.73 Å². The molecule has 1 aliphatic heterocycles. The molecule has 2 N–H and O–H groups in total. The normalized spacial score (nSPS) is 15.5. The van der Waals surface area contributed by atoms with E-state index in [1.165, 1.54) is 0 Å². The molecule has 1 aliphatic rings. The van der Waals surface area contributed by atoms with E-state index in [1.54, 1.807) is 0 Å². The molecular weight excluding hydrogens is 276 g/mol. The fraction of sp³-hybridized carbons (Fsp3) is 0.533. The second kappa shape index (κ2) is 8.25. The molecule has 1 aromatic carbocycles. The molecule has 0 radical (unpaired) electrons. The predicted molar refractivity (Wildman–Crippen MR) is 82.1 cm³/mol. The van der Waals surface area contributed by atoms with Gasteiger partial charge in [-0.15, -0.1) is 12.4 Å². The zero-order chi connectivity index (χ0) is 13.7. The third-order valence-corrected chi connectivity index (χ3v) is 3.66. The van der Waals surface area contributed by atoms with Gasteiger partial charge >= 0.3 is 0 Å². The molecule has 0 atom stereocenters. The van der Waals surface area contributed by atoms with Gasteiger partial charge < -0.3 is 15.4 Å². The Kier molecular flexibility index (Phi) is 6.99. The molecule has 1 saturated heterocycles. The van der Waals surface area contributed by atoms with Crippen LogP contribution in [0.2, 0.25) is 0 Å². The van der Waals surface area contributed by atoms with Gasteiger partial charge in [0.05, 0.1) is 0 Å². The van der Waals surface area contributed by atoms with Crippen molar-refractivity contribution in [1.82, 2.24) is 4.90 Å². The number of halogens is 1. The van der Waals surface area contributed by atoms with Crippen molar-refractivity contribution in [3.05, 3.63) is 35.4 Å². The van der Waals surface area contributed by atoms with E-state index >= 15 is 0 Å². The smallest absolute Gasteiger partial charge is 0.253 e. The molecule has 112 valence electrons. The molecule has 0 spiro atoms. The molecular formula is C15H23ClN2O2. The van der Waals surface area contributed by atoms with Crippen molar-refractivity contribution in [3.8, 4) is 0 Å². The van der Waals surface area contributed by atoms with Gasteiger partial charge in [-0.3, -0.25) is 4.79 Å². The summed E-state index contributed by atoms with van der Waals surface area (Å²) in [5.41, 5.74) is 7.33. The molecule has 0 aromatic heterocycles. The summed E-state index contributed by atoms with van der Waals surface area (Å²) in [6.45, 7) is 2.95. The number of nitrogens with two attached hydrogens (primary N) is 1. The second-order valence-corrected chi connectivity index (χ2v) is 5.14. The number of hydrogen-bond donors (Lipinski definition) is 1. The first-order valence-electron chi connectivity index (χ1n) is 6.83. The Bertz CT molecular complexity index is 416. The lowest BCUT2D eigenvalue weighted by Gasteiger charge is -2.27. The van der Waals surface area contributed by atoms with E-state index in [0.717, 1.165) is 43.7 Å². The van der Waals surface area contributed by atoms with E-state index in [0.29, 0.717) is 12.5 Å². The fourth-order valence-electron chi connectivity index (χ4n) is 2.40. The molecule has 1 aromatic rings. The van der Waals surface area contributed by atoms with Crippen molar-refractivity contribution in [1.29, 1.82) is 0 Å². The highest BCUT2D eigenvalue weighted by Crippen LogP contribution is 2.16. The van der Waals surface area contributed by atoms with Gasteiger partial charge in [-0.2, -0.15) is 0 Å². The van der Waals surface area contributed by atoms with Crippen molar-refractivity contribution < 1.29 is 9.53 Å². The summed E-state index contributed by atoms with van der Waals surface area (Å²) in [6, 6.07) is 7.53. The minimum Gasteiger partial charge on any atom is -0.381 e. The third kappa shape index (κ3) is 4.47. The molecule has 0 saturated carbocycles. The van der Waals surface area contributed by atoms with E-state index in [9.17, 15) is 4.79 Å². The minimum atomic E-state index is 0. The van der Waals surface area contributed by atoms with Crippen molar-refractivity contribution in [2.75, 3.05) is 26.8 Å². The van der Waals surface area contributed by atoms with E-state index in [2.05, 4.69) is 0 Å². The summed E-state index contributed by atoms with van der Waals surface area (Å²) in [5.74, 6) is 0.640. The Morgan fingerprint density at radius 1 is 1.30 bits per heavy atom. The summed E-state index contributed by atoms with van der Waals surface area (Å²) in [4.78, 5) is 14.1. The molecule has 2 rings (SSSR count). The van der Waals surface area contributed by atoms with Crippen LogP contribution >= 0.6 is 12.4 Å². The summed E-state index contributed by atoms with van der Waals surface area (Å²) in [6.07, 6.45) is 2.09. The van der Waals surface area contributed by atoms with Crippen molar-refractivity contribution >= 4 is 18.3 Å². The number of benzene rings is 1. The lowest BCUT2D eigenvalue weighted by atomic mass is 9.99. The molecule has 5 heteroatoms. The second-order valence-electron chi connectivity index (χ2n) is 5.14. The number of rotatable bonds is 4. The highest BCUT2D eigenvalue weighted by Gasteiger charge is 2.19. The lowest BCUT2D eigenvalue weighted by molar-refractivity contribution is 0.0497. The molecule has 0 aliphatic carbocycles. The number of carbonyl (C=O) groups excluding carboxylic acids is 1. The molecule has 20 heavy (non-hydrogen) atoms. The van der Waals surface area contributed by atoms with Crippen LogP contribution in [0.4, 0.5) is 0 Å². The molecule has 4 nitrogen and oxygen atoms in total. The number of hydrogen-bond acceptors (Lipinski definition) is 3. The average molecular weight is 299 g/mol. The first-order chi connectivity index (χ1) is 9.20. The maximum atomic E-state index is 12.3. The van der Waals surface area contributed by atoms with Crippen LogP contribution in [0.25, 0.3) is 0 Å². The van der Waals surface area contributed by atoms with Crippen LogP contribution in [0.15, 0.2) is 24.3 Å². The summed E-state index contributed by atoms with van der Waals surface area (Å²) in [5, 5.41) is 0. The zero-order valence-electron chi connectivity index (χ0n) is 11.9. The zero-order valence-corrected chi connectivity index (χ0v) is 12.7. The minimum absolute atomic E-state index is 0. The summed E-state index contributed by atoms with van der Waals surface area (Å²) >= 11 is 0. The lowest BCUT2D eigenvalue weighted by Crippen LogP contribution is -2.34. The Labute approximate surface area is 126 Å². The van der Waals surface area contributed by atoms with Crippen LogP contribution in [0, 0.1) is 5.92 Å². The number of nitrogens with zero attached hydrogens (tertiary/aromatic N) is 1. The monoisotopic (exact) mass is 298 g/mol. The topological polar surface area (TPSA) is 55.6 Å². The number of amides is 1. The fourth-order valence-corrected chi connectivity index (χ4v) is 2.40.